The zero-order valence-electron chi connectivity index (χ0n) is 17.1. The minimum atomic E-state index is -0.191. The Bertz CT molecular complexity index is 1070. The largest absolute Gasteiger partial charge is 0.492 e. The average Bonchev–Trinajstić information content (AvgIpc) is 3.28. The van der Waals surface area contributed by atoms with Gasteiger partial charge < -0.3 is 14.4 Å². The molecule has 0 spiro atoms. The van der Waals surface area contributed by atoms with Crippen molar-refractivity contribution in [2.45, 2.75) is 19.3 Å². The van der Waals surface area contributed by atoms with Crippen LogP contribution in [0.1, 0.15) is 25.0 Å². The zero-order chi connectivity index (χ0) is 20.7. The number of amides is 1. The number of aliphatic imine (C=N–C) groups is 1. The van der Waals surface area contributed by atoms with E-state index in [0.717, 1.165) is 40.7 Å². The van der Waals surface area contributed by atoms with Gasteiger partial charge in [-0.1, -0.05) is 19.9 Å². The van der Waals surface area contributed by atoms with E-state index in [-0.39, 0.29) is 11.3 Å². The molecule has 0 atom stereocenters. The quantitative estimate of drug-likeness (QED) is 0.689. The summed E-state index contributed by atoms with van der Waals surface area (Å²) in [6.07, 6.45) is 5.50. The number of ether oxygens (including phenoxy) is 2. The highest BCUT2D eigenvalue weighted by Crippen LogP contribution is 2.40. The molecule has 3 aliphatic rings. The normalized spacial score (nSPS) is 21.5. The van der Waals surface area contributed by atoms with Crippen LogP contribution in [0.25, 0.3) is 17.2 Å². The van der Waals surface area contributed by atoms with Gasteiger partial charge in [-0.2, -0.15) is 4.99 Å². The third kappa shape index (κ3) is 3.63. The topological polar surface area (TPSA) is 64.0 Å². The molecule has 2 aromatic rings. The molecule has 0 unspecified atom stereocenters. The molecule has 0 bridgehead atoms. The van der Waals surface area contributed by atoms with Crippen molar-refractivity contribution < 1.29 is 14.3 Å². The molecule has 1 amide bonds. The van der Waals surface area contributed by atoms with Crippen molar-refractivity contribution in [3.8, 4) is 16.9 Å². The summed E-state index contributed by atoms with van der Waals surface area (Å²) in [5, 5.41) is 0.763. The number of amidine groups is 1. The minimum Gasteiger partial charge on any atom is -0.492 e. The summed E-state index contributed by atoms with van der Waals surface area (Å²) < 4.78 is 11.2. The number of carbonyl (C=O) groups excluding carboxylic acids is 1. The third-order valence-corrected chi connectivity index (χ3v) is 6.62. The third-order valence-electron chi connectivity index (χ3n) is 5.58. The van der Waals surface area contributed by atoms with Crippen molar-refractivity contribution in [2.75, 3.05) is 32.9 Å². The van der Waals surface area contributed by atoms with Crippen molar-refractivity contribution in [2.24, 2.45) is 4.99 Å². The van der Waals surface area contributed by atoms with Gasteiger partial charge in [-0.15, -0.1) is 0 Å². The molecule has 1 aromatic carbocycles. The Morgan fingerprint density at radius 2 is 1.97 bits per heavy atom. The molecule has 6 nitrogen and oxygen atoms in total. The van der Waals surface area contributed by atoms with Gasteiger partial charge in [-0.25, -0.2) is 0 Å². The standard InChI is InChI=1S/C23H23N3O3S/c1-23(2)14-29-19-4-3-16(11-18(19)23)17-9-15(12-24-13-17)10-20-21(27)25-22(30-20)26-5-7-28-8-6-26/h3-4,9-13H,5-8,14H2,1-2H3. The van der Waals surface area contributed by atoms with Crippen LogP contribution in [-0.2, 0) is 14.9 Å². The van der Waals surface area contributed by atoms with Crippen LogP contribution in [0.15, 0.2) is 46.6 Å². The summed E-state index contributed by atoms with van der Waals surface area (Å²) in [6, 6.07) is 8.34. The maximum absolute atomic E-state index is 12.4. The van der Waals surface area contributed by atoms with Crippen molar-refractivity contribution >= 4 is 28.9 Å². The molecule has 0 saturated carbocycles. The molecule has 5 rings (SSSR count). The van der Waals surface area contributed by atoms with Crippen LogP contribution >= 0.6 is 11.8 Å². The Kier molecular flexibility index (Phi) is 4.87. The van der Waals surface area contributed by atoms with Gasteiger partial charge in [0.1, 0.15) is 5.75 Å². The van der Waals surface area contributed by atoms with Crippen molar-refractivity contribution in [1.29, 1.82) is 0 Å². The molecule has 7 heteroatoms. The minimum absolute atomic E-state index is 0.00149. The number of hydrogen-bond acceptors (Lipinski definition) is 6. The number of nitrogens with zero attached hydrogens (tertiary/aromatic N) is 3. The molecule has 0 aliphatic carbocycles. The lowest BCUT2D eigenvalue weighted by atomic mass is 9.85. The molecule has 0 N–H and O–H groups in total. The van der Waals surface area contributed by atoms with E-state index in [1.807, 2.05) is 18.3 Å². The second kappa shape index (κ2) is 7.56. The van der Waals surface area contributed by atoms with E-state index in [9.17, 15) is 4.79 Å². The lowest BCUT2D eigenvalue weighted by Gasteiger charge is -2.27. The SMILES string of the molecule is CC1(C)COc2ccc(-c3cncc(C=C4SC(N5CCOCC5)=NC4=O)c3)cc21. The fourth-order valence-electron chi connectivity index (χ4n) is 3.83. The highest BCUT2D eigenvalue weighted by molar-refractivity contribution is 8.18. The maximum Gasteiger partial charge on any atom is 0.286 e. The van der Waals surface area contributed by atoms with Crippen LogP contribution in [0.4, 0.5) is 0 Å². The molecular formula is C23H23N3O3S. The van der Waals surface area contributed by atoms with Gasteiger partial charge in [0.05, 0.1) is 24.7 Å². The summed E-state index contributed by atoms with van der Waals surface area (Å²) in [7, 11) is 0. The van der Waals surface area contributed by atoms with Crippen LogP contribution in [0.5, 0.6) is 5.75 Å². The van der Waals surface area contributed by atoms with E-state index >= 15 is 0 Å². The van der Waals surface area contributed by atoms with E-state index < -0.39 is 0 Å². The van der Waals surface area contributed by atoms with Crippen LogP contribution in [0, 0.1) is 0 Å². The fourth-order valence-corrected chi connectivity index (χ4v) is 4.80. The molecular weight excluding hydrogens is 398 g/mol. The number of thioether (sulfide) groups is 1. The van der Waals surface area contributed by atoms with Gasteiger partial charge in [0.2, 0.25) is 0 Å². The number of aromatic nitrogens is 1. The van der Waals surface area contributed by atoms with E-state index in [4.69, 9.17) is 9.47 Å². The van der Waals surface area contributed by atoms with E-state index in [1.54, 1.807) is 6.20 Å². The van der Waals surface area contributed by atoms with Gasteiger partial charge in [0.25, 0.3) is 5.91 Å². The predicted molar refractivity (Wildman–Crippen MR) is 119 cm³/mol. The lowest BCUT2D eigenvalue weighted by Crippen LogP contribution is -2.38. The van der Waals surface area contributed by atoms with Crippen molar-refractivity contribution in [3.05, 3.63) is 52.7 Å². The molecule has 1 saturated heterocycles. The number of rotatable bonds is 2. The molecule has 1 fully saturated rings. The highest BCUT2D eigenvalue weighted by Gasteiger charge is 2.32. The Morgan fingerprint density at radius 3 is 2.80 bits per heavy atom. The first-order valence-electron chi connectivity index (χ1n) is 10.1. The number of hydrogen-bond donors (Lipinski definition) is 0. The number of morpholine rings is 1. The molecule has 30 heavy (non-hydrogen) atoms. The highest BCUT2D eigenvalue weighted by atomic mass is 32.2. The van der Waals surface area contributed by atoms with Crippen molar-refractivity contribution in [1.82, 2.24) is 9.88 Å². The molecule has 3 aliphatic heterocycles. The Hall–Kier alpha value is -2.64. The molecule has 4 heterocycles. The number of carbonyl (C=O) groups is 1. The van der Waals surface area contributed by atoms with Crippen LogP contribution < -0.4 is 4.74 Å². The maximum atomic E-state index is 12.4. The summed E-state index contributed by atoms with van der Waals surface area (Å²) in [5.41, 5.74) is 4.21. The van der Waals surface area contributed by atoms with Crippen LogP contribution in [0.2, 0.25) is 0 Å². The Morgan fingerprint density at radius 1 is 1.13 bits per heavy atom. The van der Waals surface area contributed by atoms with Gasteiger partial charge in [0, 0.05) is 42.0 Å². The van der Waals surface area contributed by atoms with Gasteiger partial charge in [-0.05, 0) is 47.2 Å². The van der Waals surface area contributed by atoms with Gasteiger partial charge in [0.15, 0.2) is 5.17 Å². The number of benzene rings is 1. The molecule has 1 aromatic heterocycles. The first kappa shape index (κ1) is 19.3. The zero-order valence-corrected chi connectivity index (χ0v) is 17.9. The predicted octanol–water partition coefficient (Wildman–Crippen LogP) is 3.72. The van der Waals surface area contributed by atoms with Crippen LogP contribution in [0.3, 0.4) is 0 Å². The average molecular weight is 422 g/mol. The van der Waals surface area contributed by atoms with Gasteiger partial charge >= 0.3 is 0 Å². The second-order valence-corrected chi connectivity index (χ2v) is 9.31. The van der Waals surface area contributed by atoms with E-state index in [0.29, 0.717) is 24.7 Å². The smallest absolute Gasteiger partial charge is 0.286 e. The lowest BCUT2D eigenvalue weighted by molar-refractivity contribution is -0.113. The molecule has 154 valence electrons. The fraction of sp³-hybridized carbons (Fsp3) is 0.348. The first-order chi connectivity index (χ1) is 14.5. The summed E-state index contributed by atoms with van der Waals surface area (Å²) >= 11 is 1.43. The van der Waals surface area contributed by atoms with E-state index in [2.05, 4.69) is 46.9 Å². The monoisotopic (exact) mass is 421 g/mol. The first-order valence-corrected chi connectivity index (χ1v) is 10.9. The summed E-state index contributed by atoms with van der Waals surface area (Å²) in [5.74, 6) is 0.763. The number of fused-ring (bicyclic) bond motifs is 1. The van der Waals surface area contributed by atoms with Crippen LogP contribution in [-0.4, -0.2) is 53.9 Å². The van der Waals surface area contributed by atoms with Crippen molar-refractivity contribution in [3.63, 3.8) is 0 Å². The Balaban J connectivity index is 1.39. The summed E-state index contributed by atoms with van der Waals surface area (Å²) in [6.45, 7) is 7.95. The Labute approximate surface area is 180 Å². The molecule has 0 radical (unpaired) electrons. The van der Waals surface area contributed by atoms with Gasteiger partial charge in [-0.3, -0.25) is 9.78 Å². The summed E-state index contributed by atoms with van der Waals surface area (Å²) in [4.78, 5) is 23.8. The second-order valence-electron chi connectivity index (χ2n) is 8.30. The number of pyridine rings is 1. The van der Waals surface area contributed by atoms with E-state index in [1.165, 1.54) is 17.3 Å².